The largest absolute Gasteiger partial charge is 0.207 e. The van der Waals surface area contributed by atoms with E-state index in [1.54, 1.807) is 0 Å². The fraction of sp³-hybridized carbons (Fsp3) is 0.538. The molecule has 0 amide bonds. The minimum atomic E-state index is -0.890. The molecule has 4 aromatic rings. The monoisotopic (exact) mass is 747 g/mol. The highest BCUT2D eigenvalue weighted by atomic mass is 19.2. The number of benzene rings is 4. The lowest BCUT2D eigenvalue weighted by molar-refractivity contribution is 0.164. The molecule has 0 aromatic heterocycles. The molecule has 0 bridgehead atoms. The predicted molar refractivity (Wildman–Crippen MR) is 225 cm³/mol. The van der Waals surface area contributed by atoms with E-state index in [0.717, 1.165) is 78.9 Å². The Kier molecular flexibility index (Phi) is 13.3. The van der Waals surface area contributed by atoms with E-state index in [1.807, 2.05) is 42.5 Å². The summed E-state index contributed by atoms with van der Waals surface area (Å²) in [4.78, 5) is 0. The van der Waals surface area contributed by atoms with Gasteiger partial charge in [0.15, 0.2) is 11.6 Å². The van der Waals surface area contributed by atoms with E-state index in [4.69, 9.17) is 0 Å². The zero-order valence-corrected chi connectivity index (χ0v) is 34.1. The summed E-state index contributed by atoms with van der Waals surface area (Å²) < 4.78 is 49.5. The summed E-state index contributed by atoms with van der Waals surface area (Å²) in [5.41, 5.74) is 6.63. The van der Waals surface area contributed by atoms with Crippen LogP contribution >= 0.6 is 0 Å². The van der Waals surface area contributed by atoms with Crippen LogP contribution in [-0.4, -0.2) is 0 Å². The van der Waals surface area contributed by atoms with Crippen molar-refractivity contribution < 1.29 is 13.2 Å². The summed E-state index contributed by atoms with van der Waals surface area (Å²) in [5.74, 6) is 1.82. The van der Waals surface area contributed by atoms with Crippen molar-refractivity contribution in [2.45, 2.75) is 155 Å². The first-order valence-electron chi connectivity index (χ1n) is 22.3. The highest BCUT2D eigenvalue weighted by Gasteiger charge is 2.32. The fourth-order valence-electron chi connectivity index (χ4n) is 11.1. The van der Waals surface area contributed by atoms with Crippen LogP contribution in [0.1, 0.15) is 176 Å². The molecular formula is C52H65F3. The van der Waals surface area contributed by atoms with Crippen molar-refractivity contribution in [2.75, 3.05) is 0 Å². The van der Waals surface area contributed by atoms with Gasteiger partial charge in [-0.05, 0) is 164 Å². The molecule has 4 aromatic carbocycles. The van der Waals surface area contributed by atoms with Crippen molar-refractivity contribution in [2.24, 2.45) is 23.7 Å². The van der Waals surface area contributed by atoms with Crippen molar-refractivity contribution in [3.63, 3.8) is 0 Å². The second kappa shape index (κ2) is 18.3. The highest BCUT2D eigenvalue weighted by molar-refractivity contribution is 5.77. The van der Waals surface area contributed by atoms with Crippen LogP contribution in [0.5, 0.6) is 0 Å². The molecule has 0 spiro atoms. The van der Waals surface area contributed by atoms with Crippen molar-refractivity contribution >= 4 is 0 Å². The Morgan fingerprint density at radius 3 is 1.82 bits per heavy atom. The molecule has 0 aliphatic heterocycles. The summed E-state index contributed by atoms with van der Waals surface area (Å²) in [6.45, 7) is 8.92. The number of hydrogen-bond acceptors (Lipinski definition) is 0. The van der Waals surface area contributed by atoms with Crippen LogP contribution in [0.2, 0.25) is 0 Å². The van der Waals surface area contributed by atoms with Gasteiger partial charge in [0.25, 0.3) is 0 Å². The maximum Gasteiger partial charge on any atom is 0.167 e. The molecule has 3 aliphatic carbocycles. The van der Waals surface area contributed by atoms with Gasteiger partial charge in [-0.15, -0.1) is 0 Å². The van der Waals surface area contributed by atoms with Crippen LogP contribution in [0.25, 0.3) is 22.3 Å². The molecule has 0 heterocycles. The van der Waals surface area contributed by atoms with Crippen LogP contribution in [0.4, 0.5) is 13.2 Å². The molecular weight excluding hydrogens is 682 g/mol. The van der Waals surface area contributed by atoms with Gasteiger partial charge < -0.3 is 0 Å². The smallest absolute Gasteiger partial charge is 0.167 e. The predicted octanol–water partition coefficient (Wildman–Crippen LogP) is 16.1. The first kappa shape index (κ1) is 39.9. The van der Waals surface area contributed by atoms with Gasteiger partial charge in [-0.1, -0.05) is 120 Å². The lowest BCUT2D eigenvalue weighted by Crippen LogP contribution is -2.25. The minimum Gasteiger partial charge on any atom is -0.207 e. The van der Waals surface area contributed by atoms with Crippen molar-refractivity contribution in [1.29, 1.82) is 0 Å². The maximum atomic E-state index is 16.8. The summed E-state index contributed by atoms with van der Waals surface area (Å²) >= 11 is 0. The SMILES string of the molecule is CCCc1ccc(-c2cc(C(CC)c3ccc(C4CCC(CCC)CC4)cc3)c(-c3ccc(C4CCC(C5CCC(C)CC5)CC4)c(F)c3)c(F)c2F)cc1. The molecule has 294 valence electrons. The topological polar surface area (TPSA) is 0 Å². The lowest BCUT2D eigenvalue weighted by Gasteiger charge is -2.37. The van der Waals surface area contributed by atoms with E-state index in [-0.39, 0.29) is 28.8 Å². The van der Waals surface area contributed by atoms with Gasteiger partial charge in [0, 0.05) is 17.0 Å². The third-order valence-electron chi connectivity index (χ3n) is 14.4. The Balaban J connectivity index is 1.20. The molecule has 3 fully saturated rings. The van der Waals surface area contributed by atoms with E-state index in [0.29, 0.717) is 23.5 Å². The molecule has 55 heavy (non-hydrogen) atoms. The van der Waals surface area contributed by atoms with Gasteiger partial charge in [0.05, 0.1) is 0 Å². The van der Waals surface area contributed by atoms with E-state index >= 15 is 13.2 Å². The van der Waals surface area contributed by atoms with Crippen LogP contribution in [0.3, 0.4) is 0 Å². The van der Waals surface area contributed by atoms with Crippen molar-refractivity contribution in [3.8, 4) is 22.3 Å². The third kappa shape index (κ3) is 8.97. The number of hydrogen-bond donors (Lipinski definition) is 0. The van der Waals surface area contributed by atoms with Crippen molar-refractivity contribution in [1.82, 2.24) is 0 Å². The van der Waals surface area contributed by atoms with Crippen LogP contribution in [-0.2, 0) is 6.42 Å². The Hall–Kier alpha value is -3.33. The quantitative estimate of drug-likeness (QED) is 0.135. The van der Waals surface area contributed by atoms with Crippen molar-refractivity contribution in [3.05, 3.63) is 118 Å². The standard InChI is InChI=1S/C52H65F3/c1-5-8-35-12-18-38(19-13-35)40-22-26-41(27-23-40)45(7-3)48-33-47(43-20-14-36(9-6-2)15-21-43)51(54)52(55)50(48)44-30-31-46(49(53)32-44)42-28-24-39(25-29-42)37-16-10-34(4)11-17-37/h14-15,20-23,26-27,30-35,37-39,42,45H,5-13,16-19,24-25,28-29H2,1-4H3. The summed E-state index contributed by atoms with van der Waals surface area (Å²) in [7, 11) is 0. The van der Waals surface area contributed by atoms with Gasteiger partial charge in [0.1, 0.15) is 5.82 Å². The summed E-state index contributed by atoms with van der Waals surface area (Å²) in [5, 5.41) is 0. The molecule has 0 nitrogen and oxygen atoms in total. The minimum absolute atomic E-state index is 0.176. The lowest BCUT2D eigenvalue weighted by atomic mass is 9.68. The highest BCUT2D eigenvalue weighted by Crippen LogP contribution is 2.47. The summed E-state index contributed by atoms with van der Waals surface area (Å²) in [6, 6.07) is 23.9. The van der Waals surface area contributed by atoms with Gasteiger partial charge in [0.2, 0.25) is 0 Å². The van der Waals surface area contributed by atoms with Crippen LogP contribution in [0.15, 0.2) is 72.8 Å². The van der Waals surface area contributed by atoms with Crippen LogP contribution in [0, 0.1) is 41.1 Å². The fourth-order valence-corrected chi connectivity index (χ4v) is 11.1. The first-order valence-corrected chi connectivity index (χ1v) is 22.3. The van der Waals surface area contributed by atoms with E-state index < -0.39 is 11.6 Å². The second-order valence-electron chi connectivity index (χ2n) is 18.0. The Bertz CT molecular complexity index is 1830. The molecule has 3 heteroatoms. The van der Waals surface area contributed by atoms with Gasteiger partial charge in [-0.3, -0.25) is 0 Å². The third-order valence-corrected chi connectivity index (χ3v) is 14.4. The second-order valence-corrected chi connectivity index (χ2v) is 18.0. The Morgan fingerprint density at radius 1 is 0.600 bits per heavy atom. The molecule has 7 rings (SSSR count). The van der Waals surface area contributed by atoms with E-state index in [9.17, 15) is 0 Å². The molecule has 3 saturated carbocycles. The average Bonchev–Trinajstić information content (AvgIpc) is 3.21. The molecule has 0 radical (unpaired) electrons. The Labute approximate surface area is 330 Å². The van der Waals surface area contributed by atoms with Gasteiger partial charge in [-0.25, -0.2) is 13.2 Å². The normalized spacial score (nSPS) is 25.1. The van der Waals surface area contributed by atoms with Gasteiger partial charge in [-0.2, -0.15) is 0 Å². The van der Waals surface area contributed by atoms with E-state index in [1.165, 1.54) is 81.4 Å². The number of aryl methyl sites for hydroxylation is 1. The average molecular weight is 747 g/mol. The van der Waals surface area contributed by atoms with Gasteiger partial charge >= 0.3 is 0 Å². The number of rotatable bonds is 12. The maximum absolute atomic E-state index is 16.8. The molecule has 0 N–H and O–H groups in total. The van der Waals surface area contributed by atoms with E-state index in [2.05, 4.69) is 52.0 Å². The molecule has 0 saturated heterocycles. The molecule has 3 aliphatic rings. The zero-order chi connectivity index (χ0) is 38.5. The zero-order valence-electron chi connectivity index (χ0n) is 34.1. The van der Waals surface area contributed by atoms with Crippen LogP contribution < -0.4 is 0 Å². The molecule has 1 unspecified atom stereocenters. The Morgan fingerprint density at radius 2 is 1.22 bits per heavy atom. The first-order chi connectivity index (χ1) is 26.8. The molecule has 1 atom stereocenters. The summed E-state index contributed by atoms with van der Waals surface area (Å²) in [6.07, 6.45) is 20.0. The number of halogens is 3.